The van der Waals surface area contributed by atoms with E-state index >= 15 is 0 Å². The molecule has 0 spiro atoms. The van der Waals surface area contributed by atoms with E-state index in [4.69, 9.17) is 11.6 Å². The summed E-state index contributed by atoms with van der Waals surface area (Å²) < 4.78 is 1.97. The fraction of sp³-hybridized carbons (Fsp3) is 0.438. The first kappa shape index (κ1) is 14.1. The van der Waals surface area contributed by atoms with Crippen molar-refractivity contribution in [1.29, 1.82) is 0 Å². The van der Waals surface area contributed by atoms with Gasteiger partial charge in [0.25, 0.3) is 0 Å². The van der Waals surface area contributed by atoms with Gasteiger partial charge in [0.1, 0.15) is 0 Å². The maximum absolute atomic E-state index is 6.32. The number of hydrogen-bond acceptors (Lipinski definition) is 1. The van der Waals surface area contributed by atoms with Gasteiger partial charge in [-0.3, -0.25) is 4.68 Å². The quantitative estimate of drug-likeness (QED) is 0.729. The molecular formula is C16H21ClN2. The normalized spacial score (nSPS) is 14.3. The minimum Gasteiger partial charge on any atom is -0.273 e. The minimum absolute atomic E-state index is 0.00439. The van der Waals surface area contributed by atoms with E-state index in [2.05, 4.69) is 49.4 Å². The predicted octanol–water partition coefficient (Wildman–Crippen LogP) is 4.03. The fourth-order valence-corrected chi connectivity index (χ4v) is 2.94. The van der Waals surface area contributed by atoms with Crippen molar-refractivity contribution >= 4 is 11.6 Å². The highest BCUT2D eigenvalue weighted by Gasteiger charge is 2.30. The van der Waals surface area contributed by atoms with Crippen molar-refractivity contribution < 1.29 is 0 Å². The van der Waals surface area contributed by atoms with Gasteiger partial charge in [0.15, 0.2) is 0 Å². The summed E-state index contributed by atoms with van der Waals surface area (Å²) in [5.41, 5.74) is 2.58. The summed E-state index contributed by atoms with van der Waals surface area (Å²) in [5.74, 6) is 0.630. The smallest absolute Gasteiger partial charge is 0.0522 e. The Morgan fingerprint density at radius 1 is 1.21 bits per heavy atom. The van der Waals surface area contributed by atoms with E-state index < -0.39 is 0 Å². The van der Waals surface area contributed by atoms with Crippen molar-refractivity contribution in [1.82, 2.24) is 9.78 Å². The number of hydrogen-bond donors (Lipinski definition) is 0. The third-order valence-electron chi connectivity index (χ3n) is 3.87. The summed E-state index contributed by atoms with van der Waals surface area (Å²) in [6.07, 6.45) is 6.05. The van der Waals surface area contributed by atoms with Gasteiger partial charge in [0.2, 0.25) is 0 Å². The highest BCUT2D eigenvalue weighted by Crippen LogP contribution is 2.33. The zero-order valence-corrected chi connectivity index (χ0v) is 12.4. The molecule has 2 rings (SSSR count). The highest BCUT2D eigenvalue weighted by atomic mass is 35.5. The Hall–Kier alpha value is -1.28. The molecule has 0 radical (unpaired) electrons. The second kappa shape index (κ2) is 6.25. The molecule has 0 N–H and O–H groups in total. The van der Waals surface area contributed by atoms with Crippen molar-refractivity contribution in [2.45, 2.75) is 38.6 Å². The Balaban J connectivity index is 2.29. The van der Waals surface area contributed by atoms with Crippen molar-refractivity contribution in [3.8, 4) is 0 Å². The van der Waals surface area contributed by atoms with Crippen LogP contribution in [0.25, 0.3) is 0 Å². The van der Waals surface area contributed by atoms with Gasteiger partial charge < -0.3 is 0 Å². The molecular weight excluding hydrogens is 256 g/mol. The van der Waals surface area contributed by atoms with Crippen molar-refractivity contribution in [3.63, 3.8) is 0 Å². The first-order chi connectivity index (χ1) is 9.24. The first-order valence-corrected chi connectivity index (χ1v) is 7.40. The van der Waals surface area contributed by atoms with Gasteiger partial charge in [-0.15, -0.1) is 11.6 Å². The lowest BCUT2D eigenvalue weighted by Gasteiger charge is -2.31. The zero-order valence-electron chi connectivity index (χ0n) is 11.6. The maximum Gasteiger partial charge on any atom is 0.0522 e. The van der Waals surface area contributed by atoms with Crippen LogP contribution in [0, 0.1) is 0 Å². The second-order valence-electron chi connectivity index (χ2n) is 5.01. The lowest BCUT2D eigenvalue weighted by atomic mass is 9.75. The SMILES string of the molecule is CCn1cc(CC(CC)(CCl)c2ccccc2)cn1. The molecule has 1 atom stereocenters. The molecule has 2 aromatic rings. The van der Waals surface area contributed by atoms with E-state index in [-0.39, 0.29) is 5.41 Å². The minimum atomic E-state index is 0.00439. The van der Waals surface area contributed by atoms with E-state index in [1.54, 1.807) is 0 Å². The largest absolute Gasteiger partial charge is 0.273 e. The molecule has 0 aliphatic heterocycles. The molecule has 0 amide bonds. The van der Waals surface area contributed by atoms with Crippen LogP contribution in [0.4, 0.5) is 0 Å². The number of nitrogens with zero attached hydrogens (tertiary/aromatic N) is 2. The van der Waals surface area contributed by atoms with E-state index in [0.717, 1.165) is 19.4 Å². The topological polar surface area (TPSA) is 17.8 Å². The van der Waals surface area contributed by atoms with Crippen LogP contribution >= 0.6 is 11.6 Å². The molecule has 3 heteroatoms. The van der Waals surface area contributed by atoms with Crippen LogP contribution in [0.2, 0.25) is 0 Å². The van der Waals surface area contributed by atoms with Crippen LogP contribution in [0.1, 0.15) is 31.4 Å². The van der Waals surface area contributed by atoms with Gasteiger partial charge in [-0.1, -0.05) is 37.3 Å². The Morgan fingerprint density at radius 2 is 1.95 bits per heavy atom. The summed E-state index contributed by atoms with van der Waals surface area (Å²) in [5, 5.41) is 4.35. The van der Waals surface area contributed by atoms with Crippen LogP contribution in [-0.4, -0.2) is 15.7 Å². The monoisotopic (exact) mass is 276 g/mol. The molecule has 102 valence electrons. The standard InChI is InChI=1S/C16H21ClN2/c1-3-16(13-17,15-8-6-5-7-9-15)10-14-11-18-19(4-2)12-14/h5-9,11-12H,3-4,10,13H2,1-2H3. The van der Waals surface area contributed by atoms with Gasteiger partial charge in [0, 0.05) is 24.0 Å². The third-order valence-corrected chi connectivity index (χ3v) is 4.38. The number of alkyl halides is 1. The Kier molecular flexibility index (Phi) is 4.65. The number of rotatable bonds is 6. The predicted molar refractivity (Wildman–Crippen MR) is 80.7 cm³/mol. The van der Waals surface area contributed by atoms with Gasteiger partial charge in [0.05, 0.1) is 6.20 Å². The van der Waals surface area contributed by atoms with E-state index in [1.807, 2.05) is 16.9 Å². The summed E-state index contributed by atoms with van der Waals surface area (Å²) in [4.78, 5) is 0. The molecule has 1 heterocycles. The molecule has 19 heavy (non-hydrogen) atoms. The van der Waals surface area contributed by atoms with Crippen LogP contribution in [0.15, 0.2) is 42.7 Å². The average molecular weight is 277 g/mol. The van der Waals surface area contributed by atoms with Crippen molar-refractivity contribution in [3.05, 3.63) is 53.9 Å². The number of aryl methyl sites for hydroxylation is 1. The maximum atomic E-state index is 6.32. The Labute approximate surface area is 120 Å². The summed E-state index contributed by atoms with van der Waals surface area (Å²) in [6, 6.07) is 10.6. The number of halogens is 1. The highest BCUT2D eigenvalue weighted by molar-refractivity contribution is 6.18. The third kappa shape index (κ3) is 3.01. The summed E-state index contributed by atoms with van der Waals surface area (Å²) >= 11 is 6.32. The first-order valence-electron chi connectivity index (χ1n) is 6.87. The molecule has 0 saturated heterocycles. The molecule has 0 bridgehead atoms. The van der Waals surface area contributed by atoms with Crippen LogP contribution in [0.3, 0.4) is 0 Å². The Bertz CT molecular complexity index is 500. The van der Waals surface area contributed by atoms with E-state index in [9.17, 15) is 0 Å². The summed E-state index contributed by atoms with van der Waals surface area (Å²) in [7, 11) is 0. The fourth-order valence-electron chi connectivity index (χ4n) is 2.50. The van der Waals surface area contributed by atoms with E-state index in [1.165, 1.54) is 11.1 Å². The summed E-state index contributed by atoms with van der Waals surface area (Å²) in [6.45, 7) is 5.22. The number of aromatic nitrogens is 2. The lowest BCUT2D eigenvalue weighted by molar-refractivity contribution is 0.458. The van der Waals surface area contributed by atoms with Crippen LogP contribution in [-0.2, 0) is 18.4 Å². The second-order valence-corrected chi connectivity index (χ2v) is 5.28. The number of benzene rings is 1. The van der Waals surface area contributed by atoms with Gasteiger partial charge in [-0.05, 0) is 30.9 Å². The molecule has 1 aromatic heterocycles. The van der Waals surface area contributed by atoms with E-state index in [0.29, 0.717) is 5.88 Å². The van der Waals surface area contributed by atoms with Crippen LogP contribution in [0.5, 0.6) is 0 Å². The van der Waals surface area contributed by atoms with Gasteiger partial charge >= 0.3 is 0 Å². The van der Waals surface area contributed by atoms with Gasteiger partial charge in [-0.25, -0.2) is 0 Å². The Morgan fingerprint density at radius 3 is 2.47 bits per heavy atom. The van der Waals surface area contributed by atoms with Gasteiger partial charge in [-0.2, -0.15) is 5.10 Å². The average Bonchev–Trinajstić information content (AvgIpc) is 2.93. The lowest BCUT2D eigenvalue weighted by Crippen LogP contribution is -2.30. The molecule has 0 aliphatic rings. The molecule has 1 unspecified atom stereocenters. The zero-order chi connectivity index (χ0) is 13.7. The molecule has 0 saturated carbocycles. The van der Waals surface area contributed by atoms with Crippen LogP contribution < -0.4 is 0 Å². The molecule has 0 aliphatic carbocycles. The molecule has 2 nitrogen and oxygen atoms in total. The molecule has 1 aromatic carbocycles. The van der Waals surface area contributed by atoms with Crippen molar-refractivity contribution in [2.75, 3.05) is 5.88 Å². The van der Waals surface area contributed by atoms with Crippen molar-refractivity contribution in [2.24, 2.45) is 0 Å². The molecule has 0 fully saturated rings.